The van der Waals surface area contributed by atoms with Crippen LogP contribution in [0.5, 0.6) is 0 Å². The van der Waals surface area contributed by atoms with Crippen molar-refractivity contribution in [3.63, 3.8) is 0 Å². The molecule has 0 aromatic heterocycles. The number of hydrogen-bond donors (Lipinski definition) is 3. The van der Waals surface area contributed by atoms with Crippen molar-refractivity contribution in [3.05, 3.63) is 11.6 Å². The van der Waals surface area contributed by atoms with Gasteiger partial charge in [0.25, 0.3) is 0 Å². The molecule has 2 aliphatic carbocycles. The maximum atomic E-state index is 12.4. The van der Waals surface area contributed by atoms with Crippen molar-refractivity contribution in [2.45, 2.75) is 63.3 Å². The van der Waals surface area contributed by atoms with E-state index in [4.69, 9.17) is 9.47 Å². The molecule has 122 valence electrons. The lowest BCUT2D eigenvalue weighted by molar-refractivity contribution is -0.244. The van der Waals surface area contributed by atoms with Crippen molar-refractivity contribution in [3.8, 4) is 0 Å². The van der Waals surface area contributed by atoms with E-state index in [1.54, 1.807) is 13.0 Å². The number of Topliss-reactive ketones (excluding diaryl/α,β-unsaturated/α-hetero) is 1. The predicted octanol–water partition coefficient (Wildman–Crippen LogP) is -0.449. The SMILES string of the molecule is CC1=CC2O[C@@H]3[C@H](O)C[C@](C)(C2(CO)C(O)C1=O)[C@@]31O[C@@H]1C. The summed E-state index contributed by atoms with van der Waals surface area (Å²) in [7, 11) is 0. The number of epoxide rings is 1. The Hall–Kier alpha value is -0.790. The Morgan fingerprint density at radius 1 is 1.41 bits per heavy atom. The summed E-state index contributed by atoms with van der Waals surface area (Å²) >= 11 is 0. The van der Waals surface area contributed by atoms with Crippen LogP contribution in [0.3, 0.4) is 0 Å². The smallest absolute Gasteiger partial charge is 0.187 e. The van der Waals surface area contributed by atoms with Gasteiger partial charge in [0.1, 0.15) is 17.8 Å². The molecule has 4 aliphatic rings. The molecule has 2 aliphatic heterocycles. The van der Waals surface area contributed by atoms with Crippen molar-refractivity contribution < 1.29 is 29.6 Å². The number of aliphatic hydroxyl groups excluding tert-OH is 3. The Morgan fingerprint density at radius 2 is 2.05 bits per heavy atom. The van der Waals surface area contributed by atoms with Gasteiger partial charge in [0, 0.05) is 5.41 Å². The van der Waals surface area contributed by atoms with Gasteiger partial charge in [0.2, 0.25) is 0 Å². The number of ether oxygens (including phenoxy) is 2. The van der Waals surface area contributed by atoms with E-state index in [1.165, 1.54) is 0 Å². The third kappa shape index (κ3) is 1.22. The zero-order valence-electron chi connectivity index (χ0n) is 12.9. The molecule has 3 unspecified atom stereocenters. The molecule has 1 spiro atoms. The summed E-state index contributed by atoms with van der Waals surface area (Å²) in [5, 5.41) is 31.4. The minimum atomic E-state index is -1.36. The molecule has 6 nitrogen and oxygen atoms in total. The van der Waals surface area contributed by atoms with Gasteiger partial charge in [-0.25, -0.2) is 0 Å². The van der Waals surface area contributed by atoms with Crippen LogP contribution in [0.15, 0.2) is 11.6 Å². The first-order chi connectivity index (χ1) is 10.3. The third-order valence-corrected chi connectivity index (χ3v) is 6.79. The van der Waals surface area contributed by atoms with E-state index in [2.05, 4.69) is 0 Å². The van der Waals surface area contributed by atoms with Crippen LogP contribution in [0.2, 0.25) is 0 Å². The highest BCUT2D eigenvalue weighted by Gasteiger charge is 2.85. The molecule has 0 amide bonds. The molecule has 3 N–H and O–H groups in total. The van der Waals surface area contributed by atoms with Gasteiger partial charge >= 0.3 is 0 Å². The molecule has 22 heavy (non-hydrogen) atoms. The Bertz CT molecular complexity index is 587. The largest absolute Gasteiger partial charge is 0.396 e. The van der Waals surface area contributed by atoms with E-state index in [0.29, 0.717) is 12.0 Å². The van der Waals surface area contributed by atoms with Gasteiger partial charge in [-0.2, -0.15) is 0 Å². The molecule has 2 saturated heterocycles. The molecular formula is C16H22O6. The lowest BCUT2D eigenvalue weighted by Gasteiger charge is -2.58. The second-order valence-corrected chi connectivity index (χ2v) is 7.45. The van der Waals surface area contributed by atoms with Crippen molar-refractivity contribution in [2.75, 3.05) is 6.61 Å². The van der Waals surface area contributed by atoms with Gasteiger partial charge in [0.15, 0.2) is 5.78 Å². The summed E-state index contributed by atoms with van der Waals surface area (Å²) in [6.45, 7) is 5.03. The second kappa shape index (κ2) is 3.99. The number of hydrogen-bond acceptors (Lipinski definition) is 6. The fourth-order valence-corrected chi connectivity index (χ4v) is 5.51. The summed E-state index contributed by atoms with van der Waals surface area (Å²) < 4.78 is 11.9. The normalized spacial score (nSPS) is 59.5. The van der Waals surface area contributed by atoms with Crippen LogP contribution < -0.4 is 0 Å². The standard InChI is InChI=1S/C16H22O6/c1-7-4-10-15(6-17,12(20)11(7)19)14(3)5-9(18)13(21-10)16(14)8(2)22-16/h4,8-10,12-13,17-18,20H,5-6H2,1-3H3/t8-,9-,10?,12?,13-,14-,15?,16+/m1/s1. The van der Waals surface area contributed by atoms with E-state index in [0.717, 1.165) is 0 Å². The second-order valence-electron chi connectivity index (χ2n) is 7.45. The molecular weight excluding hydrogens is 288 g/mol. The fourth-order valence-electron chi connectivity index (χ4n) is 5.51. The van der Waals surface area contributed by atoms with Crippen LogP contribution >= 0.6 is 0 Å². The van der Waals surface area contributed by atoms with Crippen LogP contribution in [-0.4, -0.2) is 63.8 Å². The molecule has 4 rings (SSSR count). The number of ketones is 1. The number of aliphatic hydroxyl groups is 3. The van der Waals surface area contributed by atoms with Crippen LogP contribution in [0.25, 0.3) is 0 Å². The predicted molar refractivity (Wildman–Crippen MR) is 75.0 cm³/mol. The van der Waals surface area contributed by atoms with Crippen molar-refractivity contribution in [1.82, 2.24) is 0 Å². The molecule has 6 heteroatoms. The van der Waals surface area contributed by atoms with Crippen LogP contribution in [-0.2, 0) is 14.3 Å². The van der Waals surface area contributed by atoms with Gasteiger partial charge in [-0.1, -0.05) is 6.92 Å². The summed E-state index contributed by atoms with van der Waals surface area (Å²) in [6.07, 6.45) is -1.35. The first-order valence-corrected chi connectivity index (χ1v) is 7.79. The first-order valence-electron chi connectivity index (χ1n) is 7.79. The van der Waals surface area contributed by atoms with E-state index < -0.39 is 53.2 Å². The summed E-state index contributed by atoms with van der Waals surface area (Å²) in [5.74, 6) is -0.390. The maximum absolute atomic E-state index is 12.4. The number of carbonyl (C=O) groups is 1. The Balaban J connectivity index is 1.95. The number of carbonyl (C=O) groups excluding carboxylic acids is 1. The van der Waals surface area contributed by atoms with Gasteiger partial charge in [0.05, 0.1) is 30.3 Å². The zero-order valence-corrected chi connectivity index (χ0v) is 12.9. The Labute approximate surface area is 128 Å². The molecule has 0 radical (unpaired) electrons. The molecule has 8 atom stereocenters. The molecule has 2 heterocycles. The van der Waals surface area contributed by atoms with E-state index in [9.17, 15) is 20.1 Å². The van der Waals surface area contributed by atoms with Crippen molar-refractivity contribution in [1.29, 1.82) is 0 Å². The van der Waals surface area contributed by atoms with E-state index >= 15 is 0 Å². The van der Waals surface area contributed by atoms with Gasteiger partial charge in [-0.05, 0) is 31.9 Å². The molecule has 0 aromatic carbocycles. The van der Waals surface area contributed by atoms with Crippen LogP contribution in [0.4, 0.5) is 0 Å². The number of rotatable bonds is 1. The van der Waals surface area contributed by atoms with E-state index in [1.807, 2.05) is 13.8 Å². The maximum Gasteiger partial charge on any atom is 0.187 e. The van der Waals surface area contributed by atoms with Crippen molar-refractivity contribution >= 4 is 5.78 Å². The zero-order chi connectivity index (χ0) is 16.1. The highest BCUT2D eigenvalue weighted by atomic mass is 16.7. The molecule has 0 aromatic rings. The van der Waals surface area contributed by atoms with Crippen molar-refractivity contribution in [2.24, 2.45) is 10.8 Å². The quantitative estimate of drug-likeness (QED) is 0.567. The average Bonchev–Trinajstić information content (AvgIpc) is 3.10. The summed E-state index contributed by atoms with van der Waals surface area (Å²) in [4.78, 5) is 12.4. The minimum Gasteiger partial charge on any atom is -0.396 e. The van der Waals surface area contributed by atoms with Crippen LogP contribution in [0, 0.1) is 10.8 Å². The molecule has 3 fully saturated rings. The summed E-state index contributed by atoms with van der Waals surface area (Å²) in [5.41, 5.74) is -2.25. The first kappa shape index (κ1) is 14.8. The monoisotopic (exact) mass is 310 g/mol. The van der Waals surface area contributed by atoms with Gasteiger partial charge in [-0.3, -0.25) is 4.79 Å². The van der Waals surface area contributed by atoms with E-state index in [-0.39, 0.29) is 6.10 Å². The third-order valence-electron chi connectivity index (χ3n) is 6.79. The highest BCUT2D eigenvalue weighted by molar-refractivity contribution is 6.00. The lowest BCUT2D eigenvalue weighted by atomic mass is 9.50. The number of fused-ring (bicyclic) bond motifs is 2. The lowest BCUT2D eigenvalue weighted by Crippen LogP contribution is -2.70. The highest BCUT2D eigenvalue weighted by Crippen LogP contribution is 2.73. The molecule has 2 bridgehead atoms. The Kier molecular flexibility index (Phi) is 2.68. The van der Waals surface area contributed by atoms with Gasteiger partial charge in [-0.15, -0.1) is 0 Å². The Morgan fingerprint density at radius 3 is 2.59 bits per heavy atom. The van der Waals surface area contributed by atoms with Crippen LogP contribution in [0.1, 0.15) is 27.2 Å². The summed E-state index contributed by atoms with van der Waals surface area (Å²) in [6, 6.07) is 0. The minimum absolute atomic E-state index is 0.140. The van der Waals surface area contributed by atoms with Gasteiger partial charge < -0.3 is 24.8 Å². The topological polar surface area (TPSA) is 99.5 Å². The average molecular weight is 310 g/mol. The fraction of sp³-hybridized carbons (Fsp3) is 0.812. The molecule has 1 saturated carbocycles.